The summed E-state index contributed by atoms with van der Waals surface area (Å²) >= 11 is 0. The third-order valence-electron chi connectivity index (χ3n) is 4.90. The van der Waals surface area contributed by atoms with Crippen LogP contribution in [-0.4, -0.2) is 15.3 Å². The van der Waals surface area contributed by atoms with Crippen LogP contribution in [0.4, 0.5) is 14.5 Å². The maximum absolute atomic E-state index is 13.9. The quantitative estimate of drug-likeness (QED) is 0.516. The van der Waals surface area contributed by atoms with Crippen LogP contribution in [0.1, 0.15) is 29.3 Å². The zero-order valence-corrected chi connectivity index (χ0v) is 15.8. The van der Waals surface area contributed by atoms with Crippen molar-refractivity contribution in [2.75, 3.05) is 5.32 Å². The van der Waals surface area contributed by atoms with Crippen molar-refractivity contribution >= 4 is 17.2 Å². The number of nitrogens with zero attached hydrogens (tertiary/aromatic N) is 2. The fourth-order valence-corrected chi connectivity index (χ4v) is 3.54. The highest BCUT2D eigenvalue weighted by Crippen LogP contribution is 2.30. The highest BCUT2D eigenvalue weighted by molar-refractivity contribution is 5.91. The Bertz CT molecular complexity index is 1190. The summed E-state index contributed by atoms with van der Waals surface area (Å²) in [6.45, 7) is 1.94. The number of imidazole rings is 1. The molecule has 0 bridgehead atoms. The SMILES string of the molecule is Cc1cccc2ncc(C(CC(=O)Nc3ccccc3F)c3cccc(F)c3)n12. The molecule has 1 N–H and O–H groups in total. The van der Waals surface area contributed by atoms with Gasteiger partial charge in [-0.05, 0) is 48.9 Å². The monoisotopic (exact) mass is 391 g/mol. The zero-order valence-electron chi connectivity index (χ0n) is 15.8. The van der Waals surface area contributed by atoms with E-state index in [9.17, 15) is 13.6 Å². The zero-order chi connectivity index (χ0) is 20.4. The van der Waals surface area contributed by atoms with Crippen LogP contribution in [0.25, 0.3) is 5.65 Å². The Balaban J connectivity index is 1.73. The molecule has 2 aromatic carbocycles. The number of anilines is 1. The molecule has 2 heterocycles. The maximum Gasteiger partial charge on any atom is 0.225 e. The van der Waals surface area contributed by atoms with E-state index in [2.05, 4.69) is 10.3 Å². The Morgan fingerprint density at radius 3 is 2.66 bits per heavy atom. The Morgan fingerprint density at radius 1 is 1.07 bits per heavy atom. The van der Waals surface area contributed by atoms with Gasteiger partial charge < -0.3 is 9.72 Å². The van der Waals surface area contributed by atoms with Gasteiger partial charge in [-0.2, -0.15) is 0 Å². The number of amides is 1. The second-order valence-corrected chi connectivity index (χ2v) is 6.88. The first-order valence-corrected chi connectivity index (χ1v) is 9.26. The number of halogens is 2. The number of hydrogen-bond donors (Lipinski definition) is 1. The van der Waals surface area contributed by atoms with Crippen LogP contribution in [0, 0.1) is 18.6 Å². The fourth-order valence-electron chi connectivity index (χ4n) is 3.54. The van der Waals surface area contributed by atoms with Crippen LogP contribution in [-0.2, 0) is 4.79 Å². The van der Waals surface area contributed by atoms with Gasteiger partial charge in [-0.3, -0.25) is 4.79 Å². The number of para-hydroxylation sites is 1. The van der Waals surface area contributed by atoms with E-state index in [1.54, 1.807) is 30.5 Å². The topological polar surface area (TPSA) is 46.4 Å². The maximum atomic E-state index is 13.9. The van der Waals surface area contributed by atoms with Gasteiger partial charge in [-0.1, -0.05) is 30.3 Å². The first-order chi connectivity index (χ1) is 14.0. The van der Waals surface area contributed by atoms with E-state index in [1.165, 1.54) is 24.3 Å². The van der Waals surface area contributed by atoms with Gasteiger partial charge in [0.1, 0.15) is 17.3 Å². The Labute approximate surface area is 166 Å². The molecule has 29 heavy (non-hydrogen) atoms. The molecule has 0 spiro atoms. The molecule has 0 saturated carbocycles. The third-order valence-corrected chi connectivity index (χ3v) is 4.90. The van der Waals surface area contributed by atoms with Crippen molar-refractivity contribution in [3.05, 3.63) is 102 Å². The van der Waals surface area contributed by atoms with E-state index >= 15 is 0 Å². The largest absolute Gasteiger partial charge is 0.324 e. The molecule has 4 rings (SSSR count). The summed E-state index contributed by atoms with van der Waals surface area (Å²) in [4.78, 5) is 17.2. The number of carbonyl (C=O) groups excluding carboxylic acids is 1. The van der Waals surface area contributed by atoms with Crippen LogP contribution >= 0.6 is 0 Å². The van der Waals surface area contributed by atoms with E-state index in [0.29, 0.717) is 5.56 Å². The number of aryl methyl sites for hydroxylation is 1. The van der Waals surface area contributed by atoms with Gasteiger partial charge in [0.25, 0.3) is 0 Å². The lowest BCUT2D eigenvalue weighted by molar-refractivity contribution is -0.116. The predicted molar refractivity (Wildman–Crippen MR) is 108 cm³/mol. The third kappa shape index (κ3) is 3.87. The van der Waals surface area contributed by atoms with Crippen LogP contribution in [0.15, 0.2) is 72.9 Å². The van der Waals surface area contributed by atoms with E-state index in [-0.39, 0.29) is 23.8 Å². The molecule has 0 aliphatic heterocycles. The molecular weight excluding hydrogens is 372 g/mol. The summed E-state index contributed by atoms with van der Waals surface area (Å²) in [5.74, 6) is -1.71. The molecule has 4 nitrogen and oxygen atoms in total. The van der Waals surface area contributed by atoms with Gasteiger partial charge in [-0.25, -0.2) is 13.8 Å². The van der Waals surface area contributed by atoms with Gasteiger partial charge in [0, 0.05) is 24.2 Å². The van der Waals surface area contributed by atoms with Crippen LogP contribution < -0.4 is 5.32 Å². The van der Waals surface area contributed by atoms with Gasteiger partial charge >= 0.3 is 0 Å². The lowest BCUT2D eigenvalue weighted by atomic mass is 9.92. The normalized spacial score (nSPS) is 12.1. The number of nitrogens with one attached hydrogen (secondary N) is 1. The number of hydrogen-bond acceptors (Lipinski definition) is 2. The van der Waals surface area contributed by atoms with Gasteiger partial charge in [0.2, 0.25) is 5.91 Å². The molecule has 146 valence electrons. The number of carbonyl (C=O) groups is 1. The van der Waals surface area contributed by atoms with E-state index in [4.69, 9.17) is 0 Å². The van der Waals surface area contributed by atoms with E-state index in [1.807, 2.05) is 29.5 Å². The smallest absolute Gasteiger partial charge is 0.225 e. The highest BCUT2D eigenvalue weighted by atomic mass is 19.1. The lowest BCUT2D eigenvalue weighted by Gasteiger charge is -2.18. The molecular formula is C23H19F2N3O. The number of aromatic nitrogens is 2. The first-order valence-electron chi connectivity index (χ1n) is 9.26. The summed E-state index contributed by atoms with van der Waals surface area (Å²) in [5.41, 5.74) is 3.23. The predicted octanol–water partition coefficient (Wildman–Crippen LogP) is 5.08. The van der Waals surface area contributed by atoms with Crippen molar-refractivity contribution in [1.29, 1.82) is 0 Å². The van der Waals surface area contributed by atoms with Gasteiger partial charge in [-0.15, -0.1) is 0 Å². The lowest BCUT2D eigenvalue weighted by Crippen LogP contribution is -2.18. The van der Waals surface area contributed by atoms with Crippen molar-refractivity contribution < 1.29 is 13.6 Å². The minimum Gasteiger partial charge on any atom is -0.324 e. The molecule has 4 aromatic rings. The summed E-state index contributed by atoms with van der Waals surface area (Å²) in [7, 11) is 0. The second kappa shape index (κ2) is 7.83. The van der Waals surface area contributed by atoms with E-state index in [0.717, 1.165) is 17.0 Å². The van der Waals surface area contributed by atoms with Crippen LogP contribution in [0.2, 0.25) is 0 Å². The highest BCUT2D eigenvalue weighted by Gasteiger charge is 2.23. The number of fused-ring (bicyclic) bond motifs is 1. The Kier molecular flexibility index (Phi) is 5.08. The summed E-state index contributed by atoms with van der Waals surface area (Å²) in [5, 5.41) is 2.61. The molecule has 0 fully saturated rings. The van der Waals surface area contributed by atoms with Crippen molar-refractivity contribution in [2.24, 2.45) is 0 Å². The van der Waals surface area contributed by atoms with Crippen molar-refractivity contribution in [2.45, 2.75) is 19.3 Å². The molecule has 1 unspecified atom stereocenters. The van der Waals surface area contributed by atoms with Gasteiger partial charge in [0.05, 0.1) is 11.4 Å². The number of rotatable bonds is 5. The van der Waals surface area contributed by atoms with Crippen molar-refractivity contribution in [3.63, 3.8) is 0 Å². The number of pyridine rings is 1. The minimum absolute atomic E-state index is 0.0138. The fraction of sp³-hybridized carbons (Fsp3) is 0.130. The summed E-state index contributed by atoms with van der Waals surface area (Å²) in [6, 6.07) is 17.9. The van der Waals surface area contributed by atoms with Crippen LogP contribution in [0.3, 0.4) is 0 Å². The Morgan fingerprint density at radius 2 is 1.86 bits per heavy atom. The average Bonchev–Trinajstić information content (AvgIpc) is 3.13. The minimum atomic E-state index is -0.506. The number of benzene rings is 2. The molecule has 0 aliphatic rings. The summed E-state index contributed by atoms with van der Waals surface area (Å²) < 4.78 is 29.8. The second-order valence-electron chi connectivity index (χ2n) is 6.88. The molecule has 1 atom stereocenters. The average molecular weight is 391 g/mol. The Hall–Kier alpha value is -3.54. The van der Waals surface area contributed by atoms with Crippen molar-refractivity contribution in [3.8, 4) is 0 Å². The standard InChI is InChI=1S/C23H19F2N3O/c1-15-6-4-11-22-26-14-21(28(15)22)18(16-7-5-8-17(24)12-16)13-23(29)27-20-10-3-2-9-19(20)25/h2-12,14,18H,13H2,1H3,(H,27,29). The van der Waals surface area contributed by atoms with Gasteiger partial charge in [0.15, 0.2) is 0 Å². The first kappa shape index (κ1) is 18.8. The van der Waals surface area contributed by atoms with Crippen LogP contribution in [0.5, 0.6) is 0 Å². The summed E-state index contributed by atoms with van der Waals surface area (Å²) in [6.07, 6.45) is 1.72. The van der Waals surface area contributed by atoms with Crippen molar-refractivity contribution in [1.82, 2.24) is 9.38 Å². The molecule has 1 amide bonds. The molecule has 0 saturated heterocycles. The van der Waals surface area contributed by atoms with E-state index < -0.39 is 11.7 Å². The molecule has 2 aromatic heterocycles. The molecule has 0 aliphatic carbocycles. The molecule has 6 heteroatoms. The molecule has 0 radical (unpaired) electrons.